The zero-order valence-corrected chi connectivity index (χ0v) is 23.5. The molecule has 3 aromatic carbocycles. The van der Waals surface area contributed by atoms with Crippen molar-refractivity contribution in [2.24, 2.45) is 4.99 Å². The van der Waals surface area contributed by atoms with Crippen molar-refractivity contribution in [3.63, 3.8) is 0 Å². The molecule has 0 unspecified atom stereocenters. The number of para-hydroxylation sites is 1. The van der Waals surface area contributed by atoms with Gasteiger partial charge in [0.05, 0.1) is 5.56 Å². The molecule has 39 heavy (non-hydrogen) atoms. The molecule has 4 nitrogen and oxygen atoms in total. The Morgan fingerprint density at radius 1 is 0.974 bits per heavy atom. The van der Waals surface area contributed by atoms with Crippen molar-refractivity contribution in [2.45, 2.75) is 45.7 Å². The van der Waals surface area contributed by atoms with Crippen LogP contribution in [0.15, 0.2) is 83.9 Å². The molecule has 1 amide bonds. The second-order valence-corrected chi connectivity index (χ2v) is 11.6. The third-order valence-corrected chi connectivity index (χ3v) is 8.97. The molecule has 0 saturated carbocycles. The lowest BCUT2D eigenvalue weighted by atomic mass is 9.95. The lowest BCUT2D eigenvalue weighted by Gasteiger charge is -2.12. The van der Waals surface area contributed by atoms with E-state index in [1.54, 1.807) is 11.3 Å². The van der Waals surface area contributed by atoms with Crippen molar-refractivity contribution >= 4 is 51.0 Å². The summed E-state index contributed by atoms with van der Waals surface area (Å²) in [4.78, 5) is 19.8. The van der Waals surface area contributed by atoms with Crippen LogP contribution in [0.1, 0.15) is 56.0 Å². The molecular formula is C33H30ClN3OS. The van der Waals surface area contributed by atoms with E-state index < -0.39 is 0 Å². The van der Waals surface area contributed by atoms with Crippen LogP contribution in [-0.2, 0) is 25.9 Å². The average Bonchev–Trinajstić information content (AvgIpc) is 3.47. The zero-order valence-electron chi connectivity index (χ0n) is 21.9. The highest BCUT2D eigenvalue weighted by Crippen LogP contribution is 2.40. The number of benzene rings is 3. The highest BCUT2D eigenvalue weighted by Gasteiger charge is 2.25. The van der Waals surface area contributed by atoms with E-state index in [9.17, 15) is 4.79 Å². The van der Waals surface area contributed by atoms with Crippen LogP contribution in [0.3, 0.4) is 0 Å². The largest absolute Gasteiger partial charge is 0.348 e. The molecule has 2 aromatic heterocycles. The van der Waals surface area contributed by atoms with E-state index in [4.69, 9.17) is 16.6 Å². The highest BCUT2D eigenvalue weighted by atomic mass is 35.5. The van der Waals surface area contributed by atoms with Crippen LogP contribution in [-0.4, -0.2) is 16.7 Å². The minimum absolute atomic E-state index is 0.0349. The summed E-state index contributed by atoms with van der Waals surface area (Å²) in [7, 11) is 0. The van der Waals surface area contributed by atoms with Gasteiger partial charge in [-0.25, -0.2) is 4.99 Å². The first-order valence-electron chi connectivity index (χ1n) is 13.4. The van der Waals surface area contributed by atoms with Gasteiger partial charge in [-0.3, -0.25) is 4.79 Å². The van der Waals surface area contributed by atoms with E-state index in [0.29, 0.717) is 6.54 Å². The molecule has 0 atom stereocenters. The molecule has 0 radical (unpaired) electrons. The van der Waals surface area contributed by atoms with Gasteiger partial charge in [0.2, 0.25) is 0 Å². The van der Waals surface area contributed by atoms with E-state index in [1.165, 1.54) is 22.4 Å². The van der Waals surface area contributed by atoms with Gasteiger partial charge < -0.3 is 9.88 Å². The molecule has 0 bridgehead atoms. The monoisotopic (exact) mass is 551 g/mol. The molecule has 2 heterocycles. The van der Waals surface area contributed by atoms with E-state index in [0.717, 1.165) is 69.1 Å². The molecule has 6 heteroatoms. The molecule has 196 valence electrons. The van der Waals surface area contributed by atoms with E-state index in [1.807, 2.05) is 48.7 Å². The number of aryl methyl sites for hydroxylation is 1. The summed E-state index contributed by atoms with van der Waals surface area (Å²) >= 11 is 7.79. The van der Waals surface area contributed by atoms with Crippen molar-refractivity contribution in [1.82, 2.24) is 9.88 Å². The maximum absolute atomic E-state index is 13.5. The molecule has 1 N–H and O–H groups in total. The number of halogens is 1. The van der Waals surface area contributed by atoms with Gasteiger partial charge in [-0.2, -0.15) is 0 Å². The molecule has 1 aliphatic carbocycles. The van der Waals surface area contributed by atoms with Gasteiger partial charge in [-0.15, -0.1) is 11.3 Å². The van der Waals surface area contributed by atoms with Gasteiger partial charge in [0, 0.05) is 51.4 Å². The van der Waals surface area contributed by atoms with Crippen molar-refractivity contribution in [3.8, 4) is 0 Å². The zero-order chi connectivity index (χ0) is 26.8. The Kier molecular flexibility index (Phi) is 7.36. The maximum atomic E-state index is 13.5. The number of hydrogen-bond donors (Lipinski definition) is 1. The predicted molar refractivity (Wildman–Crippen MR) is 163 cm³/mol. The summed E-state index contributed by atoms with van der Waals surface area (Å²) in [5, 5.41) is 5.85. The van der Waals surface area contributed by atoms with Crippen molar-refractivity contribution in [1.29, 1.82) is 0 Å². The number of thiophene rings is 1. The fourth-order valence-corrected chi connectivity index (χ4v) is 6.82. The highest BCUT2D eigenvalue weighted by molar-refractivity contribution is 7.16. The smallest absolute Gasteiger partial charge is 0.254 e. The first-order chi connectivity index (χ1) is 19.1. The molecule has 6 rings (SSSR count). The lowest BCUT2D eigenvalue weighted by molar-refractivity contribution is 0.0951. The Labute approximate surface area is 238 Å². The minimum Gasteiger partial charge on any atom is -0.348 e. The second-order valence-electron chi connectivity index (χ2n) is 10.0. The Hall–Kier alpha value is -3.67. The number of carbonyl (C=O) groups excluding carboxylic acids is 1. The van der Waals surface area contributed by atoms with E-state index in [2.05, 4.69) is 53.2 Å². The third kappa shape index (κ3) is 5.29. The number of aromatic nitrogens is 1. The number of nitrogens with zero attached hydrogens (tertiary/aromatic N) is 2. The number of hydrogen-bond acceptors (Lipinski definition) is 3. The quantitative estimate of drug-likeness (QED) is 0.203. The van der Waals surface area contributed by atoms with Crippen LogP contribution in [0, 0.1) is 6.92 Å². The topological polar surface area (TPSA) is 46.4 Å². The Bertz CT molecular complexity index is 1670. The Balaban J connectivity index is 1.35. The molecular weight excluding hydrogens is 522 g/mol. The van der Waals surface area contributed by atoms with Crippen LogP contribution in [0.25, 0.3) is 10.9 Å². The van der Waals surface area contributed by atoms with Gasteiger partial charge in [0.25, 0.3) is 5.91 Å². The Morgan fingerprint density at radius 3 is 2.54 bits per heavy atom. The average molecular weight is 552 g/mol. The van der Waals surface area contributed by atoms with Crippen LogP contribution in [0.2, 0.25) is 5.02 Å². The van der Waals surface area contributed by atoms with Gasteiger partial charge in [0.1, 0.15) is 5.00 Å². The number of amides is 1. The SMILES string of the molecule is Cc1c(C=Nc2sc3c(c2C(=O)NCc2ccccc2)CCCC3)c2ccccc2n1Cc1ccc(Cl)cc1. The maximum Gasteiger partial charge on any atom is 0.254 e. The van der Waals surface area contributed by atoms with Crippen LogP contribution in [0.5, 0.6) is 0 Å². The molecule has 0 saturated heterocycles. The summed E-state index contributed by atoms with van der Waals surface area (Å²) in [6.45, 7) is 3.40. The van der Waals surface area contributed by atoms with Crippen molar-refractivity contribution < 1.29 is 4.79 Å². The lowest BCUT2D eigenvalue weighted by Crippen LogP contribution is -2.24. The van der Waals surface area contributed by atoms with Crippen molar-refractivity contribution in [2.75, 3.05) is 0 Å². The molecule has 1 aliphatic rings. The fourth-order valence-electron chi connectivity index (χ4n) is 5.46. The second kappa shape index (κ2) is 11.2. The Morgan fingerprint density at radius 2 is 1.72 bits per heavy atom. The van der Waals surface area contributed by atoms with E-state index in [-0.39, 0.29) is 5.91 Å². The number of nitrogens with one attached hydrogen (secondary N) is 1. The molecule has 5 aromatic rings. The van der Waals surface area contributed by atoms with E-state index >= 15 is 0 Å². The molecule has 0 aliphatic heterocycles. The van der Waals surface area contributed by atoms with Crippen molar-refractivity contribution in [3.05, 3.63) is 122 Å². The summed E-state index contributed by atoms with van der Waals surface area (Å²) in [6, 6.07) is 26.5. The van der Waals surface area contributed by atoms with Gasteiger partial charge in [-0.05, 0) is 67.5 Å². The number of carbonyl (C=O) groups is 1. The fraction of sp³-hybridized carbons (Fsp3) is 0.212. The van der Waals surface area contributed by atoms with Gasteiger partial charge in [0.15, 0.2) is 0 Å². The summed E-state index contributed by atoms with van der Waals surface area (Å²) in [6.07, 6.45) is 6.20. The van der Waals surface area contributed by atoms with Crippen LogP contribution in [0.4, 0.5) is 5.00 Å². The van der Waals surface area contributed by atoms with Gasteiger partial charge in [-0.1, -0.05) is 72.3 Å². The predicted octanol–water partition coefficient (Wildman–Crippen LogP) is 8.27. The van der Waals surface area contributed by atoms with Gasteiger partial charge >= 0.3 is 0 Å². The first kappa shape index (κ1) is 25.6. The molecule has 0 fully saturated rings. The number of fused-ring (bicyclic) bond motifs is 2. The number of rotatable bonds is 7. The van der Waals surface area contributed by atoms with Crippen LogP contribution >= 0.6 is 22.9 Å². The summed E-state index contributed by atoms with van der Waals surface area (Å²) in [5.41, 5.74) is 7.61. The first-order valence-corrected chi connectivity index (χ1v) is 14.6. The summed E-state index contributed by atoms with van der Waals surface area (Å²) < 4.78 is 2.33. The third-order valence-electron chi connectivity index (χ3n) is 7.52. The van der Waals surface area contributed by atoms with Crippen LogP contribution < -0.4 is 5.32 Å². The molecule has 0 spiro atoms. The normalized spacial score (nSPS) is 13.2. The number of aliphatic imine (C=N–C) groups is 1. The summed E-state index contributed by atoms with van der Waals surface area (Å²) in [5.74, 6) is -0.0349. The minimum atomic E-state index is -0.0349. The standard InChI is InChI=1S/C33H30ClN3OS/c1-22-28(26-11-5-7-13-29(26)37(22)21-24-15-17-25(34)18-16-24)20-36-33-31(27-12-6-8-14-30(27)39-33)32(38)35-19-23-9-3-2-4-10-23/h2-5,7,9-11,13,15-18,20H,6,8,12,14,19,21H2,1H3,(H,35,38).